The fraction of sp³-hybridized carbons (Fsp3) is 0.300. The van der Waals surface area contributed by atoms with Gasteiger partial charge in [0.1, 0.15) is 0 Å². The van der Waals surface area contributed by atoms with Crippen LogP contribution in [0, 0.1) is 0 Å². The van der Waals surface area contributed by atoms with Crippen molar-refractivity contribution in [2.75, 3.05) is 0 Å². The predicted octanol–water partition coefficient (Wildman–Crippen LogP) is 2.34. The molecule has 0 bridgehead atoms. The number of nitrogens with one attached hydrogen (secondary N) is 1. The summed E-state index contributed by atoms with van der Waals surface area (Å²) < 4.78 is 0.0463. The van der Waals surface area contributed by atoms with E-state index in [0.29, 0.717) is 0 Å². The molecule has 1 aromatic rings. The van der Waals surface area contributed by atoms with Crippen LogP contribution in [0.15, 0.2) is 30.3 Å². The number of carbonyl (C=O) groups is 1. The Morgan fingerprint density at radius 2 is 1.92 bits per heavy atom. The fourth-order valence-electron chi connectivity index (χ4n) is 1.10. The highest BCUT2D eigenvalue weighted by molar-refractivity contribution is 14.1. The van der Waals surface area contributed by atoms with Crippen molar-refractivity contribution >= 4 is 28.5 Å². The standard InChI is InChI=1S/C10H10INO/c11-10(6-7-10)12-9(13)8-4-2-1-3-5-8/h1-5H,6-7H2,(H,12,13). The Morgan fingerprint density at radius 1 is 1.31 bits per heavy atom. The van der Waals surface area contributed by atoms with Gasteiger partial charge < -0.3 is 5.32 Å². The minimum absolute atomic E-state index is 0.0347. The molecule has 0 saturated heterocycles. The summed E-state index contributed by atoms with van der Waals surface area (Å²) >= 11 is 2.30. The summed E-state index contributed by atoms with van der Waals surface area (Å²) in [6.07, 6.45) is 2.18. The Labute approximate surface area is 90.9 Å². The number of hydrogen-bond donors (Lipinski definition) is 1. The minimum Gasteiger partial charge on any atom is -0.338 e. The van der Waals surface area contributed by atoms with Crippen molar-refractivity contribution in [3.63, 3.8) is 0 Å². The molecule has 0 spiro atoms. The van der Waals surface area contributed by atoms with E-state index >= 15 is 0 Å². The molecule has 2 nitrogen and oxygen atoms in total. The van der Waals surface area contributed by atoms with Gasteiger partial charge in [-0.2, -0.15) is 0 Å². The van der Waals surface area contributed by atoms with Gasteiger partial charge in [0.2, 0.25) is 0 Å². The quantitative estimate of drug-likeness (QED) is 0.505. The predicted molar refractivity (Wildman–Crippen MR) is 59.9 cm³/mol. The highest BCUT2D eigenvalue weighted by Crippen LogP contribution is 2.42. The lowest BCUT2D eigenvalue weighted by Crippen LogP contribution is -2.31. The van der Waals surface area contributed by atoms with Crippen molar-refractivity contribution in [1.82, 2.24) is 5.32 Å². The van der Waals surface area contributed by atoms with Crippen molar-refractivity contribution in [2.24, 2.45) is 0 Å². The molecule has 0 aromatic heterocycles. The number of hydrogen-bond acceptors (Lipinski definition) is 1. The third kappa shape index (κ3) is 2.21. The second-order valence-corrected chi connectivity index (χ2v) is 5.35. The normalized spacial score (nSPS) is 17.9. The smallest absolute Gasteiger partial charge is 0.252 e. The maximum atomic E-state index is 11.6. The number of halogens is 1. The maximum absolute atomic E-state index is 11.6. The van der Waals surface area contributed by atoms with E-state index < -0.39 is 0 Å². The van der Waals surface area contributed by atoms with Gasteiger partial charge in [-0.3, -0.25) is 4.79 Å². The molecule has 1 saturated carbocycles. The Morgan fingerprint density at radius 3 is 2.46 bits per heavy atom. The van der Waals surface area contributed by atoms with Crippen LogP contribution in [-0.4, -0.2) is 9.45 Å². The van der Waals surface area contributed by atoms with Crippen LogP contribution >= 0.6 is 22.6 Å². The van der Waals surface area contributed by atoms with E-state index in [9.17, 15) is 4.79 Å². The second-order valence-electron chi connectivity index (χ2n) is 3.29. The Kier molecular flexibility index (Phi) is 2.27. The lowest BCUT2D eigenvalue weighted by Gasteiger charge is -2.09. The maximum Gasteiger partial charge on any atom is 0.252 e. The molecule has 0 radical (unpaired) electrons. The number of carbonyl (C=O) groups excluding carboxylic acids is 1. The van der Waals surface area contributed by atoms with Crippen molar-refractivity contribution in [2.45, 2.75) is 16.4 Å². The molecule has 1 aromatic carbocycles. The van der Waals surface area contributed by atoms with Gasteiger partial charge in [-0.05, 0) is 25.0 Å². The fourth-order valence-corrected chi connectivity index (χ4v) is 1.61. The average molecular weight is 287 g/mol. The monoisotopic (exact) mass is 287 g/mol. The minimum atomic E-state index is 0.0347. The van der Waals surface area contributed by atoms with E-state index in [0.717, 1.165) is 18.4 Å². The first-order chi connectivity index (χ1) is 6.20. The van der Waals surface area contributed by atoms with Crippen LogP contribution in [0.25, 0.3) is 0 Å². The average Bonchev–Trinajstić information content (AvgIpc) is 2.85. The van der Waals surface area contributed by atoms with Crippen LogP contribution in [0.3, 0.4) is 0 Å². The zero-order chi connectivity index (χ0) is 9.31. The lowest BCUT2D eigenvalue weighted by atomic mass is 10.2. The summed E-state index contributed by atoms with van der Waals surface area (Å²) in [5.74, 6) is 0.0347. The van der Waals surface area contributed by atoms with Crippen molar-refractivity contribution < 1.29 is 4.79 Å². The van der Waals surface area contributed by atoms with Gasteiger partial charge in [-0.25, -0.2) is 0 Å². The van der Waals surface area contributed by atoms with E-state index in [-0.39, 0.29) is 9.45 Å². The van der Waals surface area contributed by atoms with E-state index in [1.165, 1.54) is 0 Å². The molecular formula is C10H10INO. The summed E-state index contributed by atoms with van der Waals surface area (Å²) in [5, 5.41) is 2.99. The van der Waals surface area contributed by atoms with Crippen molar-refractivity contribution in [3.05, 3.63) is 35.9 Å². The summed E-state index contributed by atoms with van der Waals surface area (Å²) in [5.41, 5.74) is 0.741. The molecule has 0 aliphatic heterocycles. The van der Waals surface area contributed by atoms with Crippen LogP contribution in [0.1, 0.15) is 23.2 Å². The SMILES string of the molecule is O=C(NC1(I)CC1)c1ccccc1. The Bertz CT molecular complexity index is 319. The third-order valence-corrected chi connectivity index (χ3v) is 3.41. The first kappa shape index (κ1) is 8.99. The molecule has 1 fully saturated rings. The summed E-state index contributed by atoms with van der Waals surface area (Å²) in [4.78, 5) is 11.6. The molecule has 13 heavy (non-hydrogen) atoms. The van der Waals surface area contributed by atoms with Crippen LogP contribution in [0.5, 0.6) is 0 Å². The highest BCUT2D eigenvalue weighted by Gasteiger charge is 2.41. The van der Waals surface area contributed by atoms with E-state index in [4.69, 9.17) is 0 Å². The largest absolute Gasteiger partial charge is 0.338 e. The van der Waals surface area contributed by atoms with E-state index in [1.54, 1.807) is 0 Å². The highest BCUT2D eigenvalue weighted by atomic mass is 127. The number of benzene rings is 1. The van der Waals surface area contributed by atoms with Crippen molar-refractivity contribution in [1.29, 1.82) is 0 Å². The molecule has 68 valence electrons. The van der Waals surface area contributed by atoms with Gasteiger partial charge in [0.25, 0.3) is 5.91 Å². The Balaban J connectivity index is 2.06. The summed E-state index contributed by atoms with van der Waals surface area (Å²) in [7, 11) is 0. The first-order valence-electron chi connectivity index (χ1n) is 4.26. The molecule has 1 aliphatic carbocycles. The lowest BCUT2D eigenvalue weighted by molar-refractivity contribution is 0.0949. The summed E-state index contributed by atoms with van der Waals surface area (Å²) in [6, 6.07) is 9.33. The van der Waals surface area contributed by atoms with Gasteiger partial charge in [0.05, 0.1) is 3.55 Å². The molecule has 0 atom stereocenters. The van der Waals surface area contributed by atoms with Crippen LogP contribution in [0.4, 0.5) is 0 Å². The van der Waals surface area contributed by atoms with Crippen LogP contribution < -0.4 is 5.32 Å². The second kappa shape index (κ2) is 3.29. The van der Waals surface area contributed by atoms with Crippen LogP contribution in [-0.2, 0) is 0 Å². The number of rotatable bonds is 2. The van der Waals surface area contributed by atoms with Gasteiger partial charge in [-0.1, -0.05) is 40.8 Å². The number of amides is 1. The molecule has 3 heteroatoms. The van der Waals surface area contributed by atoms with E-state index in [2.05, 4.69) is 27.9 Å². The zero-order valence-electron chi connectivity index (χ0n) is 7.09. The molecule has 2 rings (SSSR count). The molecule has 0 unspecified atom stereocenters. The molecular weight excluding hydrogens is 277 g/mol. The zero-order valence-corrected chi connectivity index (χ0v) is 9.24. The van der Waals surface area contributed by atoms with E-state index in [1.807, 2.05) is 30.3 Å². The van der Waals surface area contributed by atoms with Crippen LogP contribution in [0.2, 0.25) is 0 Å². The van der Waals surface area contributed by atoms with Gasteiger partial charge in [-0.15, -0.1) is 0 Å². The Hall–Kier alpha value is -0.580. The van der Waals surface area contributed by atoms with Gasteiger partial charge in [0, 0.05) is 5.56 Å². The molecule has 1 amide bonds. The van der Waals surface area contributed by atoms with Gasteiger partial charge in [0.15, 0.2) is 0 Å². The first-order valence-corrected chi connectivity index (χ1v) is 5.34. The molecule has 0 heterocycles. The van der Waals surface area contributed by atoms with Crippen molar-refractivity contribution in [3.8, 4) is 0 Å². The molecule has 1 aliphatic rings. The number of alkyl halides is 1. The van der Waals surface area contributed by atoms with Gasteiger partial charge >= 0.3 is 0 Å². The molecule has 1 N–H and O–H groups in total. The third-order valence-electron chi connectivity index (χ3n) is 2.06. The summed E-state index contributed by atoms with van der Waals surface area (Å²) in [6.45, 7) is 0. The topological polar surface area (TPSA) is 29.1 Å².